The summed E-state index contributed by atoms with van der Waals surface area (Å²) >= 11 is 0. The molecule has 1 atom stereocenters. The summed E-state index contributed by atoms with van der Waals surface area (Å²) in [5, 5.41) is 8.23. The fourth-order valence-electron chi connectivity index (χ4n) is 1.74. The molecule has 3 N–H and O–H groups in total. The van der Waals surface area contributed by atoms with E-state index < -0.39 is 0 Å². The van der Waals surface area contributed by atoms with Gasteiger partial charge in [0.25, 0.3) is 0 Å². The van der Waals surface area contributed by atoms with Crippen molar-refractivity contribution >= 4 is 17.6 Å². The number of nitrogens with one attached hydrogen (secondary N) is 3. The summed E-state index contributed by atoms with van der Waals surface area (Å²) in [6.07, 6.45) is 1.33. The molecule has 0 bridgehead atoms. The topological polar surface area (TPSA) is 70.2 Å². The number of carbonyl (C=O) groups is 2. The normalized spacial score (nSPS) is 18.6. The molecule has 1 heterocycles. The lowest BCUT2D eigenvalue weighted by atomic mass is 10.2. The molecule has 1 aliphatic rings. The molecule has 0 aromatic heterocycles. The van der Waals surface area contributed by atoms with Crippen molar-refractivity contribution in [1.29, 1.82) is 0 Å². The predicted molar refractivity (Wildman–Crippen MR) is 64.6 cm³/mol. The zero-order chi connectivity index (χ0) is 12.1. The van der Waals surface area contributed by atoms with Gasteiger partial charge >= 0.3 is 6.03 Å². The monoisotopic (exact) mass is 233 g/mol. The number of rotatable bonds is 3. The van der Waals surface area contributed by atoms with Crippen LogP contribution in [0.4, 0.5) is 10.5 Å². The van der Waals surface area contributed by atoms with E-state index in [2.05, 4.69) is 16.0 Å². The van der Waals surface area contributed by atoms with E-state index in [0.717, 1.165) is 12.1 Å². The van der Waals surface area contributed by atoms with E-state index in [9.17, 15) is 9.59 Å². The fourth-order valence-corrected chi connectivity index (χ4v) is 1.74. The van der Waals surface area contributed by atoms with Gasteiger partial charge in [0.1, 0.15) is 0 Å². The van der Waals surface area contributed by atoms with Crippen LogP contribution in [0.1, 0.15) is 12.8 Å². The van der Waals surface area contributed by atoms with E-state index in [-0.39, 0.29) is 18.0 Å². The van der Waals surface area contributed by atoms with Crippen molar-refractivity contribution in [2.45, 2.75) is 18.9 Å². The maximum Gasteiger partial charge on any atom is 0.319 e. The Kier molecular flexibility index (Phi) is 3.59. The number of anilines is 1. The van der Waals surface area contributed by atoms with Gasteiger partial charge in [0.2, 0.25) is 5.91 Å². The second-order valence-electron chi connectivity index (χ2n) is 4.00. The van der Waals surface area contributed by atoms with Crippen LogP contribution in [0.5, 0.6) is 0 Å². The van der Waals surface area contributed by atoms with Crippen LogP contribution in [0.3, 0.4) is 0 Å². The van der Waals surface area contributed by atoms with Gasteiger partial charge in [-0.05, 0) is 18.6 Å². The van der Waals surface area contributed by atoms with Gasteiger partial charge in [-0.1, -0.05) is 18.2 Å². The first-order valence-corrected chi connectivity index (χ1v) is 5.63. The highest BCUT2D eigenvalue weighted by atomic mass is 16.2. The molecule has 1 aliphatic heterocycles. The highest BCUT2D eigenvalue weighted by Gasteiger charge is 2.20. The van der Waals surface area contributed by atoms with Crippen molar-refractivity contribution in [1.82, 2.24) is 10.6 Å². The van der Waals surface area contributed by atoms with E-state index >= 15 is 0 Å². The van der Waals surface area contributed by atoms with E-state index in [1.165, 1.54) is 0 Å². The number of para-hydroxylation sites is 1. The molecule has 3 amide bonds. The first-order chi connectivity index (χ1) is 8.24. The zero-order valence-electron chi connectivity index (χ0n) is 9.40. The van der Waals surface area contributed by atoms with Crippen LogP contribution in [0.15, 0.2) is 30.3 Å². The number of carbonyl (C=O) groups excluding carboxylic acids is 2. The molecule has 0 spiro atoms. The molecule has 0 saturated carbocycles. The van der Waals surface area contributed by atoms with Crippen LogP contribution >= 0.6 is 0 Å². The Bertz CT molecular complexity index is 405. The Morgan fingerprint density at radius 2 is 2.12 bits per heavy atom. The van der Waals surface area contributed by atoms with Gasteiger partial charge in [0, 0.05) is 24.7 Å². The Morgan fingerprint density at radius 1 is 1.35 bits per heavy atom. The van der Waals surface area contributed by atoms with Crippen molar-refractivity contribution < 1.29 is 9.59 Å². The van der Waals surface area contributed by atoms with E-state index in [1.54, 1.807) is 0 Å². The summed E-state index contributed by atoms with van der Waals surface area (Å²) in [6, 6.07) is 9.03. The highest BCUT2D eigenvalue weighted by molar-refractivity contribution is 5.89. The van der Waals surface area contributed by atoms with E-state index in [4.69, 9.17) is 0 Å². The SMILES string of the molecule is O=C1CCC(CNC(=O)Nc2ccccc2)N1. The molecule has 5 heteroatoms. The molecule has 1 aromatic rings. The molecule has 1 unspecified atom stereocenters. The summed E-state index contributed by atoms with van der Waals surface area (Å²) in [5.74, 6) is 0.0558. The molecule has 2 rings (SSSR count). The van der Waals surface area contributed by atoms with Crippen LogP contribution in [0, 0.1) is 0 Å². The lowest BCUT2D eigenvalue weighted by Gasteiger charge is -2.12. The largest absolute Gasteiger partial charge is 0.352 e. The maximum atomic E-state index is 11.5. The number of benzene rings is 1. The molecule has 0 aliphatic carbocycles. The highest BCUT2D eigenvalue weighted by Crippen LogP contribution is 2.06. The molecule has 0 radical (unpaired) electrons. The third kappa shape index (κ3) is 3.48. The van der Waals surface area contributed by atoms with E-state index in [0.29, 0.717) is 13.0 Å². The summed E-state index contributed by atoms with van der Waals surface area (Å²) in [4.78, 5) is 22.5. The Morgan fingerprint density at radius 3 is 2.76 bits per heavy atom. The van der Waals surface area contributed by atoms with Gasteiger partial charge in [-0.2, -0.15) is 0 Å². The Labute approximate surface area is 99.6 Å². The van der Waals surface area contributed by atoms with Crippen LogP contribution in [-0.2, 0) is 4.79 Å². The van der Waals surface area contributed by atoms with Gasteiger partial charge in [0.05, 0.1) is 0 Å². The summed E-state index contributed by atoms with van der Waals surface area (Å²) in [5.41, 5.74) is 0.750. The molecule has 90 valence electrons. The molecule has 5 nitrogen and oxygen atoms in total. The van der Waals surface area contributed by atoms with Gasteiger partial charge in [-0.3, -0.25) is 4.79 Å². The minimum Gasteiger partial charge on any atom is -0.352 e. The molecular weight excluding hydrogens is 218 g/mol. The molecule has 1 fully saturated rings. The number of hydrogen-bond donors (Lipinski definition) is 3. The van der Waals surface area contributed by atoms with Crippen molar-refractivity contribution in [2.75, 3.05) is 11.9 Å². The van der Waals surface area contributed by atoms with Gasteiger partial charge in [-0.15, -0.1) is 0 Å². The predicted octanol–water partition coefficient (Wildman–Crippen LogP) is 1.09. The molecule has 1 saturated heterocycles. The molecule has 17 heavy (non-hydrogen) atoms. The lowest BCUT2D eigenvalue weighted by Crippen LogP contribution is -2.40. The average molecular weight is 233 g/mol. The third-order valence-corrected chi connectivity index (χ3v) is 2.63. The van der Waals surface area contributed by atoms with Gasteiger partial charge in [-0.25, -0.2) is 4.79 Å². The second kappa shape index (κ2) is 5.34. The first kappa shape index (κ1) is 11.4. The Balaban J connectivity index is 1.73. The van der Waals surface area contributed by atoms with Gasteiger partial charge < -0.3 is 16.0 Å². The molecule has 1 aromatic carbocycles. The van der Waals surface area contributed by atoms with Crippen molar-refractivity contribution in [3.63, 3.8) is 0 Å². The minimum absolute atomic E-state index is 0.0558. The summed E-state index contributed by atoms with van der Waals surface area (Å²) < 4.78 is 0. The Hall–Kier alpha value is -2.04. The van der Waals surface area contributed by atoms with Crippen LogP contribution in [0.25, 0.3) is 0 Å². The summed E-state index contributed by atoms with van der Waals surface area (Å²) in [6.45, 7) is 0.463. The van der Waals surface area contributed by atoms with Crippen molar-refractivity contribution in [2.24, 2.45) is 0 Å². The summed E-state index contributed by atoms with van der Waals surface area (Å²) in [7, 11) is 0. The molecular formula is C12H15N3O2. The number of hydrogen-bond acceptors (Lipinski definition) is 2. The van der Waals surface area contributed by atoms with Gasteiger partial charge in [0.15, 0.2) is 0 Å². The van der Waals surface area contributed by atoms with Crippen molar-refractivity contribution in [3.8, 4) is 0 Å². The van der Waals surface area contributed by atoms with Crippen LogP contribution < -0.4 is 16.0 Å². The standard InChI is InChI=1S/C12H15N3O2/c16-11-7-6-10(14-11)8-13-12(17)15-9-4-2-1-3-5-9/h1-5,10H,6-8H2,(H,14,16)(H2,13,15,17). The number of amides is 3. The second-order valence-corrected chi connectivity index (χ2v) is 4.00. The fraction of sp³-hybridized carbons (Fsp3) is 0.333. The smallest absolute Gasteiger partial charge is 0.319 e. The average Bonchev–Trinajstić information content (AvgIpc) is 2.74. The quantitative estimate of drug-likeness (QED) is 0.731. The van der Waals surface area contributed by atoms with E-state index in [1.807, 2.05) is 30.3 Å². The van der Waals surface area contributed by atoms with Crippen LogP contribution in [-0.4, -0.2) is 24.5 Å². The maximum absolute atomic E-state index is 11.5. The van der Waals surface area contributed by atoms with Crippen LogP contribution in [0.2, 0.25) is 0 Å². The van der Waals surface area contributed by atoms with Crippen molar-refractivity contribution in [3.05, 3.63) is 30.3 Å². The third-order valence-electron chi connectivity index (χ3n) is 2.63. The minimum atomic E-state index is -0.252. The first-order valence-electron chi connectivity index (χ1n) is 5.63. The zero-order valence-corrected chi connectivity index (χ0v) is 9.40. The number of urea groups is 1. The lowest BCUT2D eigenvalue weighted by molar-refractivity contribution is -0.119.